The number of anilines is 2. The lowest BCUT2D eigenvalue weighted by Gasteiger charge is -2.37. The first-order valence-electron chi connectivity index (χ1n) is 10.8. The van der Waals surface area contributed by atoms with Crippen LogP contribution in [0.2, 0.25) is 0 Å². The molecule has 178 valence electrons. The smallest absolute Gasteiger partial charge is 0.257 e. The molecule has 0 unspecified atom stereocenters. The van der Waals surface area contributed by atoms with E-state index in [1.807, 2.05) is 17.9 Å². The molecule has 1 aromatic carbocycles. The summed E-state index contributed by atoms with van der Waals surface area (Å²) < 4.78 is 46.7. The summed E-state index contributed by atoms with van der Waals surface area (Å²) in [5.41, 5.74) is -0.547. The third kappa shape index (κ3) is 4.68. The first kappa shape index (κ1) is 23.1. The van der Waals surface area contributed by atoms with Crippen molar-refractivity contribution in [3.8, 4) is 5.75 Å². The molecule has 0 spiro atoms. The number of carbonyl (C=O) groups is 1. The van der Waals surface area contributed by atoms with Gasteiger partial charge in [0.05, 0.1) is 12.7 Å². The molecule has 1 amide bonds. The van der Waals surface area contributed by atoms with Crippen molar-refractivity contribution in [1.29, 1.82) is 0 Å². The van der Waals surface area contributed by atoms with E-state index in [0.29, 0.717) is 25.0 Å². The topological polar surface area (TPSA) is 65.0 Å². The zero-order valence-corrected chi connectivity index (χ0v) is 18.9. The van der Waals surface area contributed by atoms with Crippen molar-refractivity contribution < 1.29 is 22.7 Å². The SMILES string of the molecule is COc1c(F)c(F)cc(C(=O)N2CCN(c3cc(N4CCN(C)CC4)nc(C)n3)CC2)c1F. The molecule has 33 heavy (non-hydrogen) atoms. The van der Waals surface area contributed by atoms with Crippen LogP contribution in [0, 0.1) is 24.4 Å². The summed E-state index contributed by atoms with van der Waals surface area (Å²) in [6, 6.07) is 2.54. The van der Waals surface area contributed by atoms with Gasteiger partial charge in [-0.2, -0.15) is 4.39 Å². The van der Waals surface area contributed by atoms with Gasteiger partial charge >= 0.3 is 0 Å². The second-order valence-electron chi connectivity index (χ2n) is 8.27. The van der Waals surface area contributed by atoms with E-state index in [1.54, 1.807) is 0 Å². The van der Waals surface area contributed by atoms with Crippen molar-refractivity contribution in [2.75, 3.05) is 76.3 Å². The molecule has 3 heterocycles. The monoisotopic (exact) mass is 464 g/mol. The molecule has 2 aliphatic rings. The Morgan fingerprint density at radius 2 is 1.42 bits per heavy atom. The first-order chi connectivity index (χ1) is 15.8. The molecule has 0 aliphatic carbocycles. The summed E-state index contributed by atoms with van der Waals surface area (Å²) in [6.45, 7) is 7.05. The summed E-state index contributed by atoms with van der Waals surface area (Å²) in [6.07, 6.45) is 0. The number of hydrogen-bond donors (Lipinski definition) is 0. The third-order valence-corrected chi connectivity index (χ3v) is 6.08. The minimum Gasteiger partial charge on any atom is -0.491 e. The van der Waals surface area contributed by atoms with E-state index in [-0.39, 0.29) is 13.1 Å². The average Bonchev–Trinajstić information content (AvgIpc) is 2.81. The summed E-state index contributed by atoms with van der Waals surface area (Å²) in [5, 5.41) is 0. The molecule has 0 radical (unpaired) electrons. The number of aryl methyl sites for hydroxylation is 1. The number of ether oxygens (including phenoxy) is 1. The lowest BCUT2D eigenvalue weighted by molar-refractivity contribution is 0.0740. The fraction of sp³-hybridized carbons (Fsp3) is 0.500. The minimum atomic E-state index is -1.45. The summed E-state index contributed by atoms with van der Waals surface area (Å²) in [7, 11) is 3.12. The van der Waals surface area contributed by atoms with Gasteiger partial charge in [-0.05, 0) is 20.0 Å². The number of amides is 1. The molecule has 0 N–H and O–H groups in total. The van der Waals surface area contributed by atoms with Gasteiger partial charge in [0.1, 0.15) is 17.5 Å². The molecule has 0 bridgehead atoms. The molecule has 4 rings (SSSR count). The number of piperazine rings is 2. The molecular weight excluding hydrogens is 437 g/mol. The van der Waals surface area contributed by atoms with Gasteiger partial charge in [-0.1, -0.05) is 0 Å². The van der Waals surface area contributed by atoms with Crippen LogP contribution in [-0.4, -0.2) is 92.2 Å². The molecule has 2 fully saturated rings. The fourth-order valence-electron chi connectivity index (χ4n) is 4.12. The van der Waals surface area contributed by atoms with Gasteiger partial charge in [0.2, 0.25) is 5.82 Å². The number of nitrogens with zero attached hydrogens (tertiary/aromatic N) is 6. The Bertz CT molecular complexity index is 1040. The van der Waals surface area contributed by atoms with Crippen LogP contribution in [0.15, 0.2) is 12.1 Å². The van der Waals surface area contributed by atoms with Crippen LogP contribution in [0.5, 0.6) is 5.75 Å². The van der Waals surface area contributed by atoms with Gasteiger partial charge in [0.25, 0.3) is 5.91 Å². The van der Waals surface area contributed by atoms with Crippen molar-refractivity contribution in [3.63, 3.8) is 0 Å². The number of carbonyl (C=O) groups excluding carboxylic acids is 1. The highest BCUT2D eigenvalue weighted by atomic mass is 19.2. The summed E-state index contributed by atoms with van der Waals surface area (Å²) in [4.78, 5) is 29.9. The molecule has 11 heteroatoms. The molecule has 8 nitrogen and oxygen atoms in total. The van der Waals surface area contributed by atoms with Gasteiger partial charge in [0.15, 0.2) is 17.4 Å². The third-order valence-electron chi connectivity index (χ3n) is 6.08. The van der Waals surface area contributed by atoms with Gasteiger partial charge < -0.3 is 24.3 Å². The normalized spacial score (nSPS) is 17.5. The Balaban J connectivity index is 1.46. The van der Waals surface area contributed by atoms with Crippen LogP contribution in [-0.2, 0) is 0 Å². The van der Waals surface area contributed by atoms with E-state index in [9.17, 15) is 18.0 Å². The highest BCUT2D eigenvalue weighted by molar-refractivity contribution is 5.95. The van der Waals surface area contributed by atoms with Crippen LogP contribution in [0.25, 0.3) is 0 Å². The number of aromatic nitrogens is 2. The van der Waals surface area contributed by atoms with Crippen LogP contribution < -0.4 is 14.5 Å². The van der Waals surface area contributed by atoms with Gasteiger partial charge in [-0.15, -0.1) is 0 Å². The summed E-state index contributed by atoms with van der Waals surface area (Å²) in [5.74, 6) is -3.28. The standard InChI is InChI=1S/C22H27F3N6O2/c1-14-26-17(29-6-4-28(2)5-7-29)13-18(27-14)30-8-10-31(11-9-30)22(32)15-12-16(23)20(25)21(33-3)19(15)24/h12-13H,4-11H2,1-3H3. The van der Waals surface area contributed by atoms with Crippen molar-refractivity contribution in [2.45, 2.75) is 6.92 Å². The van der Waals surface area contributed by atoms with Crippen molar-refractivity contribution in [3.05, 3.63) is 41.0 Å². The lowest BCUT2D eigenvalue weighted by atomic mass is 10.1. The molecule has 1 aromatic heterocycles. The number of methoxy groups -OCH3 is 1. The molecule has 0 atom stereocenters. The van der Waals surface area contributed by atoms with Crippen LogP contribution >= 0.6 is 0 Å². The van der Waals surface area contributed by atoms with Crippen molar-refractivity contribution >= 4 is 17.5 Å². The maximum atomic E-state index is 14.5. The second kappa shape index (κ2) is 9.42. The van der Waals surface area contributed by atoms with Gasteiger partial charge in [0, 0.05) is 58.4 Å². The Labute approximate surface area is 190 Å². The van der Waals surface area contributed by atoms with E-state index < -0.39 is 34.7 Å². The predicted octanol–water partition coefficient (Wildman–Crippen LogP) is 1.93. The highest BCUT2D eigenvalue weighted by Gasteiger charge is 2.29. The minimum absolute atomic E-state index is 0.284. The lowest BCUT2D eigenvalue weighted by Crippen LogP contribution is -2.49. The molecule has 2 saturated heterocycles. The van der Waals surface area contributed by atoms with E-state index in [1.165, 1.54) is 4.90 Å². The largest absolute Gasteiger partial charge is 0.491 e. The Morgan fingerprint density at radius 1 is 0.879 bits per heavy atom. The Kier molecular flexibility index (Phi) is 6.59. The first-order valence-corrected chi connectivity index (χ1v) is 10.8. The van der Waals surface area contributed by atoms with Crippen molar-refractivity contribution in [1.82, 2.24) is 19.8 Å². The molecular formula is C22H27F3N6O2. The maximum absolute atomic E-state index is 14.5. The average molecular weight is 464 g/mol. The van der Waals surface area contributed by atoms with E-state index in [4.69, 9.17) is 0 Å². The quantitative estimate of drug-likeness (QED) is 0.641. The molecule has 2 aromatic rings. The number of rotatable bonds is 4. The number of halogens is 3. The fourth-order valence-corrected chi connectivity index (χ4v) is 4.12. The number of hydrogen-bond acceptors (Lipinski definition) is 7. The highest BCUT2D eigenvalue weighted by Crippen LogP contribution is 2.28. The summed E-state index contributed by atoms with van der Waals surface area (Å²) >= 11 is 0. The molecule has 2 aliphatic heterocycles. The van der Waals surface area contributed by atoms with Crippen LogP contribution in [0.4, 0.5) is 24.8 Å². The molecule has 0 saturated carbocycles. The number of benzene rings is 1. The van der Waals surface area contributed by atoms with E-state index >= 15 is 0 Å². The van der Waals surface area contributed by atoms with Gasteiger partial charge in [-0.25, -0.2) is 18.7 Å². The van der Waals surface area contributed by atoms with Gasteiger partial charge in [-0.3, -0.25) is 4.79 Å². The van der Waals surface area contributed by atoms with E-state index in [0.717, 1.165) is 44.9 Å². The zero-order chi connectivity index (χ0) is 23.7. The second-order valence-corrected chi connectivity index (χ2v) is 8.27. The van der Waals surface area contributed by atoms with Crippen molar-refractivity contribution in [2.24, 2.45) is 0 Å². The number of likely N-dealkylation sites (N-methyl/N-ethyl adjacent to an activating group) is 1. The Morgan fingerprint density at radius 3 is 1.97 bits per heavy atom. The van der Waals surface area contributed by atoms with Crippen LogP contribution in [0.1, 0.15) is 16.2 Å². The predicted molar refractivity (Wildman–Crippen MR) is 117 cm³/mol. The maximum Gasteiger partial charge on any atom is 0.257 e. The zero-order valence-electron chi connectivity index (χ0n) is 18.9. The van der Waals surface area contributed by atoms with E-state index in [2.05, 4.69) is 31.6 Å². The Hall–Kier alpha value is -3.08. The van der Waals surface area contributed by atoms with Crippen LogP contribution in [0.3, 0.4) is 0 Å².